The maximum Gasteiger partial charge on any atom is 0.262 e. The van der Waals surface area contributed by atoms with Gasteiger partial charge in [-0.3, -0.25) is 24.1 Å². The molecule has 2 aliphatic rings. The van der Waals surface area contributed by atoms with Crippen LogP contribution in [0.15, 0.2) is 54.6 Å². The van der Waals surface area contributed by atoms with Crippen molar-refractivity contribution in [2.75, 3.05) is 11.9 Å². The number of nitrogens with zero attached hydrogens (tertiary/aromatic N) is 3. The lowest BCUT2D eigenvalue weighted by Crippen LogP contribution is -2.45. The summed E-state index contributed by atoms with van der Waals surface area (Å²) in [5, 5.41) is 3.13. The number of anilines is 1. The minimum atomic E-state index is -0.991. The highest BCUT2D eigenvalue weighted by atomic mass is 32.1. The van der Waals surface area contributed by atoms with Crippen LogP contribution in [0, 0.1) is 0 Å². The van der Waals surface area contributed by atoms with Crippen LogP contribution < -0.4 is 5.32 Å². The van der Waals surface area contributed by atoms with Crippen molar-refractivity contribution in [3.63, 3.8) is 0 Å². The summed E-state index contributed by atoms with van der Waals surface area (Å²) in [6, 6.07) is 14.6. The number of rotatable bonds is 4. The number of thiazole rings is 1. The van der Waals surface area contributed by atoms with Crippen molar-refractivity contribution in [3.8, 4) is 0 Å². The molecule has 9 heteroatoms. The molecule has 1 unspecified atom stereocenters. The molecule has 0 spiro atoms. The number of carbonyl (C=O) groups is 4. The van der Waals surface area contributed by atoms with Gasteiger partial charge in [-0.15, -0.1) is 0 Å². The van der Waals surface area contributed by atoms with E-state index in [-0.39, 0.29) is 5.91 Å². The highest BCUT2D eigenvalue weighted by Crippen LogP contribution is 2.30. The summed E-state index contributed by atoms with van der Waals surface area (Å²) in [6.07, 6.45) is 0.592. The molecule has 3 aromatic rings. The number of benzene rings is 2. The predicted molar refractivity (Wildman–Crippen MR) is 122 cm³/mol. The van der Waals surface area contributed by atoms with E-state index >= 15 is 0 Å². The average Bonchev–Trinajstić information content (AvgIpc) is 3.36. The Labute approximate surface area is 193 Å². The van der Waals surface area contributed by atoms with Crippen LogP contribution in [0.5, 0.6) is 0 Å². The van der Waals surface area contributed by atoms with Crippen LogP contribution >= 0.6 is 11.3 Å². The smallest absolute Gasteiger partial charge is 0.262 e. The number of aromatic nitrogens is 1. The number of hydrogen-bond donors (Lipinski definition) is 1. The summed E-state index contributed by atoms with van der Waals surface area (Å²) in [7, 11) is 0. The van der Waals surface area contributed by atoms with Crippen LogP contribution in [0.25, 0.3) is 0 Å². The van der Waals surface area contributed by atoms with Gasteiger partial charge in [-0.05, 0) is 31.2 Å². The molecule has 5 rings (SSSR count). The van der Waals surface area contributed by atoms with Gasteiger partial charge in [0.25, 0.3) is 17.7 Å². The first-order chi connectivity index (χ1) is 15.9. The molecule has 0 saturated carbocycles. The van der Waals surface area contributed by atoms with Crippen LogP contribution in [0.3, 0.4) is 0 Å². The second kappa shape index (κ2) is 8.25. The second-order valence-electron chi connectivity index (χ2n) is 7.92. The third kappa shape index (κ3) is 3.70. The lowest BCUT2D eigenvalue weighted by atomic mass is 10.1. The summed E-state index contributed by atoms with van der Waals surface area (Å²) in [6.45, 7) is 2.48. The molecular formula is C24H20N4O4S. The Kier molecular flexibility index (Phi) is 5.26. The minimum Gasteiger partial charge on any atom is -0.333 e. The fourth-order valence-electron chi connectivity index (χ4n) is 4.07. The van der Waals surface area contributed by atoms with Gasteiger partial charge in [-0.1, -0.05) is 41.7 Å². The Morgan fingerprint density at radius 2 is 1.64 bits per heavy atom. The Balaban J connectivity index is 1.28. The standard InChI is InChI=1S/C24H20N4O4S/c1-14(28-22(31)16-9-5-6-10-17(16)23(28)32)20(29)26-24-25-18-11-12-27(13-19(18)33-24)21(30)15-7-3-2-4-8-15/h2-10,14H,11-13H2,1H3,(H,25,26,29). The summed E-state index contributed by atoms with van der Waals surface area (Å²) in [5.74, 6) is -1.49. The van der Waals surface area contributed by atoms with Gasteiger partial charge in [0.2, 0.25) is 5.91 Å². The molecule has 0 fully saturated rings. The summed E-state index contributed by atoms with van der Waals surface area (Å²) in [5.41, 5.74) is 2.08. The van der Waals surface area contributed by atoms with Crippen molar-refractivity contribution >= 4 is 40.1 Å². The first-order valence-corrected chi connectivity index (χ1v) is 11.4. The molecule has 1 atom stereocenters. The lowest BCUT2D eigenvalue weighted by Gasteiger charge is -2.26. The van der Waals surface area contributed by atoms with Crippen molar-refractivity contribution in [1.82, 2.24) is 14.8 Å². The van der Waals surface area contributed by atoms with Crippen molar-refractivity contribution in [2.45, 2.75) is 25.9 Å². The van der Waals surface area contributed by atoms with E-state index < -0.39 is 23.8 Å². The molecule has 0 aliphatic carbocycles. The second-order valence-corrected chi connectivity index (χ2v) is 9.01. The molecule has 1 N–H and O–H groups in total. The maximum absolute atomic E-state index is 12.9. The normalized spacial score (nSPS) is 15.8. The average molecular weight is 461 g/mol. The van der Waals surface area contributed by atoms with Crippen LogP contribution in [0.2, 0.25) is 0 Å². The predicted octanol–water partition coefficient (Wildman–Crippen LogP) is 2.96. The van der Waals surface area contributed by atoms with Gasteiger partial charge in [0, 0.05) is 23.4 Å². The zero-order valence-corrected chi connectivity index (χ0v) is 18.6. The number of carbonyl (C=O) groups excluding carboxylic acids is 4. The molecule has 0 bridgehead atoms. The molecule has 1 aromatic heterocycles. The Hall–Kier alpha value is -3.85. The third-order valence-corrected chi connectivity index (χ3v) is 6.86. The SMILES string of the molecule is CC(C(=O)Nc1nc2c(s1)CN(C(=O)c1ccccc1)CC2)N1C(=O)c2ccccc2C1=O. The van der Waals surface area contributed by atoms with Crippen LogP contribution in [-0.2, 0) is 17.8 Å². The van der Waals surface area contributed by atoms with E-state index in [4.69, 9.17) is 0 Å². The maximum atomic E-state index is 12.9. The van der Waals surface area contributed by atoms with Crippen molar-refractivity contribution < 1.29 is 19.2 Å². The van der Waals surface area contributed by atoms with Crippen molar-refractivity contribution in [2.24, 2.45) is 0 Å². The van der Waals surface area contributed by atoms with Gasteiger partial charge >= 0.3 is 0 Å². The monoisotopic (exact) mass is 460 g/mol. The largest absolute Gasteiger partial charge is 0.333 e. The number of hydrogen-bond acceptors (Lipinski definition) is 6. The van der Waals surface area contributed by atoms with E-state index in [0.29, 0.717) is 41.3 Å². The third-order valence-electron chi connectivity index (χ3n) is 5.86. The summed E-state index contributed by atoms with van der Waals surface area (Å²) >= 11 is 1.30. The summed E-state index contributed by atoms with van der Waals surface area (Å²) < 4.78 is 0. The fraction of sp³-hybridized carbons (Fsp3) is 0.208. The summed E-state index contributed by atoms with van der Waals surface area (Å²) in [4.78, 5) is 59.1. The van der Waals surface area contributed by atoms with E-state index in [1.165, 1.54) is 18.3 Å². The zero-order valence-electron chi connectivity index (χ0n) is 17.8. The van der Waals surface area contributed by atoms with Crippen LogP contribution in [0.4, 0.5) is 5.13 Å². The van der Waals surface area contributed by atoms with E-state index in [0.717, 1.165) is 15.5 Å². The molecule has 3 heterocycles. The van der Waals surface area contributed by atoms with Gasteiger partial charge in [-0.2, -0.15) is 0 Å². The number of amides is 4. The fourth-order valence-corrected chi connectivity index (χ4v) is 5.10. The van der Waals surface area contributed by atoms with Crippen LogP contribution in [-0.4, -0.2) is 51.0 Å². The number of fused-ring (bicyclic) bond motifs is 2. The molecule has 2 aromatic carbocycles. The van der Waals surface area contributed by atoms with E-state index in [2.05, 4.69) is 10.3 Å². The number of imide groups is 1. The minimum absolute atomic E-state index is 0.0421. The first kappa shape index (κ1) is 21.0. The molecular weight excluding hydrogens is 440 g/mol. The molecule has 0 radical (unpaired) electrons. The molecule has 8 nitrogen and oxygen atoms in total. The zero-order chi connectivity index (χ0) is 23.1. The van der Waals surface area contributed by atoms with Gasteiger partial charge < -0.3 is 10.2 Å². The van der Waals surface area contributed by atoms with Gasteiger partial charge in [-0.25, -0.2) is 4.98 Å². The highest BCUT2D eigenvalue weighted by Gasteiger charge is 2.40. The quantitative estimate of drug-likeness (QED) is 0.604. The first-order valence-electron chi connectivity index (χ1n) is 10.5. The van der Waals surface area contributed by atoms with Crippen molar-refractivity contribution in [3.05, 3.63) is 81.9 Å². The Morgan fingerprint density at radius 1 is 1.00 bits per heavy atom. The Morgan fingerprint density at radius 3 is 2.30 bits per heavy atom. The lowest BCUT2D eigenvalue weighted by molar-refractivity contribution is -0.119. The van der Waals surface area contributed by atoms with E-state index in [1.807, 2.05) is 18.2 Å². The van der Waals surface area contributed by atoms with E-state index in [1.54, 1.807) is 41.3 Å². The topological polar surface area (TPSA) is 99.7 Å². The van der Waals surface area contributed by atoms with Gasteiger partial charge in [0.05, 0.1) is 23.4 Å². The highest BCUT2D eigenvalue weighted by molar-refractivity contribution is 7.15. The molecule has 0 saturated heterocycles. The number of nitrogens with one attached hydrogen (secondary N) is 1. The van der Waals surface area contributed by atoms with Gasteiger partial charge in [0.1, 0.15) is 6.04 Å². The van der Waals surface area contributed by atoms with Gasteiger partial charge in [0.15, 0.2) is 5.13 Å². The molecule has 2 aliphatic heterocycles. The molecule has 166 valence electrons. The Bertz CT molecular complexity index is 1250. The molecule has 4 amide bonds. The van der Waals surface area contributed by atoms with Crippen LogP contribution in [0.1, 0.15) is 48.6 Å². The van der Waals surface area contributed by atoms with E-state index in [9.17, 15) is 19.2 Å². The van der Waals surface area contributed by atoms with Crippen molar-refractivity contribution in [1.29, 1.82) is 0 Å². The molecule has 33 heavy (non-hydrogen) atoms.